The fourth-order valence-corrected chi connectivity index (χ4v) is 4.66. The van der Waals surface area contributed by atoms with Crippen LogP contribution in [0.1, 0.15) is 18.2 Å². The number of aromatic nitrogens is 2. The van der Waals surface area contributed by atoms with Crippen LogP contribution in [0, 0.1) is 0 Å². The molecular weight excluding hydrogens is 445 g/mol. The molecule has 1 unspecified atom stereocenters. The van der Waals surface area contributed by atoms with Crippen molar-refractivity contribution in [1.82, 2.24) is 9.55 Å². The van der Waals surface area contributed by atoms with Crippen LogP contribution in [-0.2, 0) is 11.3 Å². The highest BCUT2D eigenvalue weighted by Crippen LogP contribution is 2.36. The summed E-state index contributed by atoms with van der Waals surface area (Å²) in [7, 11) is 0. The van der Waals surface area contributed by atoms with Crippen LogP contribution in [0.15, 0.2) is 72.8 Å². The van der Waals surface area contributed by atoms with Crippen LogP contribution >= 0.6 is 23.2 Å². The van der Waals surface area contributed by atoms with Gasteiger partial charge in [0.1, 0.15) is 18.2 Å². The number of carbonyl (C=O) groups is 1. The Morgan fingerprint density at radius 3 is 2.47 bits per heavy atom. The maximum Gasteiger partial charge on any atom is 0.227 e. The average Bonchev–Trinajstić information content (AvgIpc) is 3.36. The Morgan fingerprint density at radius 1 is 0.938 bits per heavy atom. The maximum absolute atomic E-state index is 12.9. The van der Waals surface area contributed by atoms with Crippen LogP contribution in [0.2, 0.25) is 10.0 Å². The third-order valence-corrected chi connectivity index (χ3v) is 6.36. The average molecular weight is 466 g/mol. The molecule has 5 rings (SSSR count). The monoisotopic (exact) mass is 465 g/mol. The number of benzene rings is 3. The molecule has 1 aliphatic rings. The van der Waals surface area contributed by atoms with E-state index in [0.29, 0.717) is 41.9 Å². The lowest BCUT2D eigenvalue weighted by Crippen LogP contribution is -2.25. The number of fused-ring (bicyclic) bond motifs is 1. The number of hydrogen-bond donors (Lipinski definition) is 0. The summed E-state index contributed by atoms with van der Waals surface area (Å²) in [5.41, 5.74) is 2.67. The van der Waals surface area contributed by atoms with Crippen molar-refractivity contribution < 1.29 is 9.53 Å². The van der Waals surface area contributed by atoms with Crippen molar-refractivity contribution >= 4 is 45.8 Å². The lowest BCUT2D eigenvalue weighted by atomic mass is 10.1. The van der Waals surface area contributed by atoms with Gasteiger partial charge in [0.25, 0.3) is 0 Å². The number of anilines is 1. The Morgan fingerprint density at radius 2 is 1.66 bits per heavy atom. The molecule has 32 heavy (non-hydrogen) atoms. The molecule has 1 fully saturated rings. The van der Waals surface area contributed by atoms with Crippen LogP contribution in [0.25, 0.3) is 11.0 Å². The smallest absolute Gasteiger partial charge is 0.227 e. The van der Waals surface area contributed by atoms with Crippen molar-refractivity contribution in [3.63, 3.8) is 0 Å². The van der Waals surface area contributed by atoms with Gasteiger partial charge in [-0.1, -0.05) is 59.6 Å². The number of halogens is 2. The molecule has 2 heterocycles. The normalized spacial score (nSPS) is 16.1. The molecule has 1 amide bonds. The zero-order valence-electron chi connectivity index (χ0n) is 17.2. The minimum atomic E-state index is -0.0357. The standard InChI is InChI=1S/C25H21Cl2N3O2/c26-18-7-1-4-10-21(18)30-16-17(15-24(30)31)25-28-20-9-3-5-11-22(20)29(25)13-14-32-23-12-6-2-8-19(23)27/h1-12,17H,13-16H2. The lowest BCUT2D eigenvalue weighted by Gasteiger charge is -2.18. The lowest BCUT2D eigenvalue weighted by molar-refractivity contribution is -0.117. The first-order chi connectivity index (χ1) is 15.6. The highest BCUT2D eigenvalue weighted by molar-refractivity contribution is 6.34. The Labute approximate surface area is 196 Å². The van der Waals surface area contributed by atoms with Crippen molar-refractivity contribution in [3.8, 4) is 5.75 Å². The second-order valence-electron chi connectivity index (χ2n) is 7.75. The number of hydrogen-bond acceptors (Lipinski definition) is 3. The highest BCUT2D eigenvalue weighted by Gasteiger charge is 2.35. The Bertz CT molecular complexity index is 1290. The summed E-state index contributed by atoms with van der Waals surface area (Å²) in [6.07, 6.45) is 0.389. The van der Waals surface area contributed by atoms with E-state index in [2.05, 4.69) is 4.57 Å². The number of amides is 1. The van der Waals surface area contributed by atoms with Gasteiger partial charge >= 0.3 is 0 Å². The van der Waals surface area contributed by atoms with Crippen LogP contribution in [-0.4, -0.2) is 28.6 Å². The van der Waals surface area contributed by atoms with Crippen LogP contribution in [0.4, 0.5) is 5.69 Å². The van der Waals surface area contributed by atoms with E-state index in [-0.39, 0.29) is 11.8 Å². The Kier molecular flexibility index (Phi) is 5.77. The van der Waals surface area contributed by atoms with Gasteiger partial charge in [0.15, 0.2) is 0 Å². The SMILES string of the molecule is O=C1CC(c2nc3ccccc3n2CCOc2ccccc2Cl)CN1c1ccccc1Cl. The number of carbonyl (C=O) groups excluding carboxylic acids is 1. The molecule has 1 atom stereocenters. The van der Waals surface area contributed by atoms with E-state index in [1.54, 1.807) is 11.0 Å². The van der Waals surface area contributed by atoms with E-state index in [1.165, 1.54) is 0 Å². The summed E-state index contributed by atoms with van der Waals surface area (Å²) >= 11 is 12.6. The third-order valence-electron chi connectivity index (χ3n) is 5.73. The topological polar surface area (TPSA) is 47.4 Å². The number of nitrogens with zero attached hydrogens (tertiary/aromatic N) is 3. The zero-order chi connectivity index (χ0) is 22.1. The van der Waals surface area contributed by atoms with Gasteiger partial charge in [0, 0.05) is 18.9 Å². The summed E-state index contributed by atoms with van der Waals surface area (Å²) in [6, 6.07) is 22.9. The van der Waals surface area contributed by atoms with Crippen molar-refractivity contribution in [2.24, 2.45) is 0 Å². The molecule has 0 N–H and O–H groups in total. The van der Waals surface area contributed by atoms with E-state index >= 15 is 0 Å². The van der Waals surface area contributed by atoms with Gasteiger partial charge in [-0.15, -0.1) is 0 Å². The van der Waals surface area contributed by atoms with Crippen LogP contribution < -0.4 is 9.64 Å². The van der Waals surface area contributed by atoms with Crippen LogP contribution in [0.5, 0.6) is 5.75 Å². The predicted molar refractivity (Wildman–Crippen MR) is 128 cm³/mol. The summed E-state index contributed by atoms with van der Waals surface area (Å²) < 4.78 is 8.08. The summed E-state index contributed by atoms with van der Waals surface area (Å²) in [6.45, 7) is 1.57. The fraction of sp³-hybridized carbons (Fsp3) is 0.200. The van der Waals surface area contributed by atoms with Gasteiger partial charge in [-0.2, -0.15) is 0 Å². The molecule has 0 aliphatic carbocycles. The quantitative estimate of drug-likeness (QED) is 0.353. The Hall–Kier alpha value is -3.02. The van der Waals surface area contributed by atoms with Crippen molar-refractivity contribution in [2.45, 2.75) is 18.9 Å². The molecule has 0 bridgehead atoms. The number of para-hydroxylation sites is 4. The molecule has 1 aliphatic heterocycles. The molecule has 4 aromatic rings. The van der Waals surface area contributed by atoms with Gasteiger partial charge in [0.2, 0.25) is 5.91 Å². The zero-order valence-corrected chi connectivity index (χ0v) is 18.8. The predicted octanol–water partition coefficient (Wildman–Crippen LogP) is 5.94. The van der Waals surface area contributed by atoms with Crippen molar-refractivity contribution in [1.29, 1.82) is 0 Å². The molecule has 0 spiro atoms. The second kappa shape index (κ2) is 8.85. The molecule has 7 heteroatoms. The highest BCUT2D eigenvalue weighted by atomic mass is 35.5. The molecule has 1 saturated heterocycles. The van der Waals surface area contributed by atoms with E-state index in [4.69, 9.17) is 32.9 Å². The van der Waals surface area contributed by atoms with Crippen LogP contribution in [0.3, 0.4) is 0 Å². The van der Waals surface area contributed by atoms with Crippen molar-refractivity contribution in [3.05, 3.63) is 88.7 Å². The first kappa shape index (κ1) is 20.9. The first-order valence-corrected chi connectivity index (χ1v) is 11.2. The second-order valence-corrected chi connectivity index (χ2v) is 8.56. The Balaban J connectivity index is 1.42. The third kappa shape index (κ3) is 3.94. The number of rotatable bonds is 6. The molecule has 0 saturated carbocycles. The molecule has 3 aromatic carbocycles. The van der Waals surface area contributed by atoms with Gasteiger partial charge in [-0.25, -0.2) is 4.98 Å². The summed E-state index contributed by atoms with van der Waals surface area (Å²) in [5, 5.41) is 1.16. The van der Waals surface area contributed by atoms with E-state index in [1.807, 2.05) is 66.7 Å². The first-order valence-electron chi connectivity index (χ1n) is 10.5. The molecule has 5 nitrogen and oxygen atoms in total. The largest absolute Gasteiger partial charge is 0.490 e. The minimum absolute atomic E-state index is 0.0357. The van der Waals surface area contributed by atoms with E-state index in [9.17, 15) is 4.79 Å². The van der Waals surface area contributed by atoms with E-state index < -0.39 is 0 Å². The van der Waals surface area contributed by atoms with Gasteiger partial charge in [0.05, 0.1) is 33.3 Å². The van der Waals surface area contributed by atoms with E-state index in [0.717, 1.165) is 22.5 Å². The maximum atomic E-state index is 12.9. The molecule has 1 aromatic heterocycles. The molecule has 0 radical (unpaired) electrons. The number of ether oxygens (including phenoxy) is 1. The van der Waals surface area contributed by atoms with Gasteiger partial charge in [-0.3, -0.25) is 4.79 Å². The molecule has 162 valence electrons. The molecular formula is C25H21Cl2N3O2. The summed E-state index contributed by atoms with van der Waals surface area (Å²) in [5.74, 6) is 1.55. The van der Waals surface area contributed by atoms with Gasteiger partial charge < -0.3 is 14.2 Å². The van der Waals surface area contributed by atoms with Crippen molar-refractivity contribution in [2.75, 3.05) is 18.1 Å². The minimum Gasteiger partial charge on any atom is -0.490 e. The number of imidazole rings is 1. The summed E-state index contributed by atoms with van der Waals surface area (Å²) in [4.78, 5) is 19.5. The van der Waals surface area contributed by atoms with Gasteiger partial charge in [-0.05, 0) is 36.4 Å². The fourth-order valence-electron chi connectivity index (χ4n) is 4.23.